The van der Waals surface area contributed by atoms with Crippen LogP contribution in [0.4, 0.5) is 0 Å². The first-order chi connectivity index (χ1) is 13.0. The Hall–Kier alpha value is -2.36. The van der Waals surface area contributed by atoms with Gasteiger partial charge in [-0.2, -0.15) is 0 Å². The summed E-state index contributed by atoms with van der Waals surface area (Å²) in [5.74, 6) is -0.487. The second-order valence-corrected chi connectivity index (χ2v) is 8.07. The van der Waals surface area contributed by atoms with Gasteiger partial charge in [-0.1, -0.05) is 60.9 Å². The first-order valence-electron chi connectivity index (χ1n) is 9.72. The van der Waals surface area contributed by atoms with Gasteiger partial charge in [0.05, 0.1) is 0 Å². The Labute approximate surface area is 169 Å². The Morgan fingerprint density at radius 2 is 1.75 bits per heavy atom. The number of carbonyl (C=O) groups excluding carboxylic acids is 2. The molecule has 28 heavy (non-hydrogen) atoms. The minimum Gasteiger partial charge on any atom is -0.462 e. The zero-order valence-electron chi connectivity index (χ0n) is 18.3. The van der Waals surface area contributed by atoms with Crippen molar-refractivity contribution < 1.29 is 19.1 Å². The van der Waals surface area contributed by atoms with Crippen molar-refractivity contribution in [3.05, 3.63) is 58.7 Å². The average molecular weight is 387 g/mol. The Kier molecular flexibility index (Phi) is 9.17. The third-order valence-electron chi connectivity index (χ3n) is 4.72. The standard InChI is InChI=1S/C24H34O4/c1-17(9-8-10-18(2)13-14-27-20(4)25)11-12-23-19(3)15-22(28-21(5)26)16-24(23,6)7/h8-13,22H,14-16H2,1-7H3. The van der Waals surface area contributed by atoms with E-state index in [1.807, 2.05) is 31.2 Å². The van der Waals surface area contributed by atoms with Crippen LogP contribution in [0, 0.1) is 5.41 Å². The van der Waals surface area contributed by atoms with Gasteiger partial charge in [-0.05, 0) is 44.3 Å². The van der Waals surface area contributed by atoms with Gasteiger partial charge >= 0.3 is 11.9 Å². The molecule has 0 aromatic rings. The van der Waals surface area contributed by atoms with Crippen LogP contribution in [-0.2, 0) is 19.1 Å². The highest BCUT2D eigenvalue weighted by molar-refractivity contribution is 5.66. The monoisotopic (exact) mass is 386 g/mol. The topological polar surface area (TPSA) is 52.6 Å². The molecule has 0 spiro atoms. The molecule has 0 aromatic heterocycles. The highest BCUT2D eigenvalue weighted by Crippen LogP contribution is 2.42. The average Bonchev–Trinajstić information content (AvgIpc) is 2.52. The molecule has 0 heterocycles. The fourth-order valence-corrected chi connectivity index (χ4v) is 3.45. The maximum absolute atomic E-state index is 11.3. The number of allylic oxidation sites excluding steroid dienone is 8. The number of carbonyl (C=O) groups is 2. The zero-order valence-corrected chi connectivity index (χ0v) is 18.3. The molecule has 0 N–H and O–H groups in total. The lowest BCUT2D eigenvalue weighted by Crippen LogP contribution is -2.31. The maximum atomic E-state index is 11.3. The van der Waals surface area contributed by atoms with Crippen molar-refractivity contribution in [1.29, 1.82) is 0 Å². The van der Waals surface area contributed by atoms with Crippen LogP contribution in [0.15, 0.2) is 58.7 Å². The molecule has 0 bridgehead atoms. The number of hydrogen-bond acceptors (Lipinski definition) is 4. The van der Waals surface area contributed by atoms with E-state index in [4.69, 9.17) is 9.47 Å². The van der Waals surface area contributed by atoms with Gasteiger partial charge in [0.2, 0.25) is 0 Å². The fourth-order valence-electron chi connectivity index (χ4n) is 3.45. The molecule has 1 rings (SSSR count). The molecular weight excluding hydrogens is 352 g/mol. The van der Waals surface area contributed by atoms with Crippen molar-refractivity contribution in [2.45, 2.75) is 67.4 Å². The first-order valence-corrected chi connectivity index (χ1v) is 9.72. The van der Waals surface area contributed by atoms with Crippen LogP contribution in [0.2, 0.25) is 0 Å². The summed E-state index contributed by atoms with van der Waals surface area (Å²) in [5, 5.41) is 0. The normalized spacial score (nSPS) is 20.8. The summed E-state index contributed by atoms with van der Waals surface area (Å²) in [6.07, 6.45) is 13.8. The van der Waals surface area contributed by atoms with Gasteiger partial charge in [0.25, 0.3) is 0 Å². The molecule has 154 valence electrons. The van der Waals surface area contributed by atoms with Crippen LogP contribution in [0.1, 0.15) is 61.3 Å². The lowest BCUT2D eigenvalue weighted by molar-refractivity contribution is -0.147. The van der Waals surface area contributed by atoms with Crippen molar-refractivity contribution in [3.8, 4) is 0 Å². The molecule has 1 unspecified atom stereocenters. The molecule has 0 aromatic carbocycles. The van der Waals surface area contributed by atoms with Crippen molar-refractivity contribution in [3.63, 3.8) is 0 Å². The van der Waals surface area contributed by atoms with E-state index in [2.05, 4.69) is 39.8 Å². The molecule has 1 aliphatic rings. The summed E-state index contributed by atoms with van der Waals surface area (Å²) in [6.45, 7) is 13.7. The third kappa shape index (κ3) is 8.55. The van der Waals surface area contributed by atoms with E-state index in [1.165, 1.54) is 25.0 Å². The second kappa shape index (κ2) is 10.8. The molecular formula is C24H34O4. The molecule has 0 radical (unpaired) electrons. The number of hydrogen-bond donors (Lipinski definition) is 0. The summed E-state index contributed by atoms with van der Waals surface area (Å²) < 4.78 is 10.3. The summed E-state index contributed by atoms with van der Waals surface area (Å²) in [4.78, 5) is 22.0. The van der Waals surface area contributed by atoms with Gasteiger partial charge in [0.15, 0.2) is 0 Å². The lowest BCUT2D eigenvalue weighted by Gasteiger charge is -2.37. The van der Waals surface area contributed by atoms with E-state index in [0.29, 0.717) is 6.61 Å². The molecule has 1 atom stereocenters. The Bertz CT molecular complexity index is 730. The quantitative estimate of drug-likeness (QED) is 0.421. The fraction of sp³-hybridized carbons (Fsp3) is 0.500. The predicted octanol–water partition coefficient (Wildman–Crippen LogP) is 5.62. The lowest BCUT2D eigenvalue weighted by atomic mass is 9.71. The van der Waals surface area contributed by atoms with E-state index in [9.17, 15) is 9.59 Å². The van der Waals surface area contributed by atoms with E-state index >= 15 is 0 Å². The van der Waals surface area contributed by atoms with E-state index in [1.54, 1.807) is 0 Å². The third-order valence-corrected chi connectivity index (χ3v) is 4.72. The van der Waals surface area contributed by atoms with Crippen LogP contribution in [0.5, 0.6) is 0 Å². The molecule has 4 nitrogen and oxygen atoms in total. The number of ether oxygens (including phenoxy) is 2. The highest BCUT2D eigenvalue weighted by Gasteiger charge is 2.33. The summed E-state index contributed by atoms with van der Waals surface area (Å²) in [6, 6.07) is 0. The van der Waals surface area contributed by atoms with Crippen molar-refractivity contribution in [2.24, 2.45) is 5.41 Å². The molecule has 0 saturated carbocycles. The molecule has 0 amide bonds. The van der Waals surface area contributed by atoms with E-state index < -0.39 is 0 Å². The largest absolute Gasteiger partial charge is 0.462 e. The smallest absolute Gasteiger partial charge is 0.302 e. The maximum Gasteiger partial charge on any atom is 0.302 e. The minimum atomic E-state index is -0.275. The molecule has 0 saturated heterocycles. The van der Waals surface area contributed by atoms with Crippen molar-refractivity contribution in [1.82, 2.24) is 0 Å². The van der Waals surface area contributed by atoms with Crippen LogP contribution in [0.3, 0.4) is 0 Å². The van der Waals surface area contributed by atoms with Gasteiger partial charge < -0.3 is 9.47 Å². The molecule has 1 aliphatic carbocycles. The van der Waals surface area contributed by atoms with Crippen molar-refractivity contribution >= 4 is 11.9 Å². The Balaban J connectivity index is 2.77. The van der Waals surface area contributed by atoms with E-state index in [-0.39, 0.29) is 23.5 Å². The SMILES string of the molecule is CC(=O)OCC=C(C)C=CC=C(C)C=CC1=C(C)CC(OC(C)=O)CC1(C)C. The van der Waals surface area contributed by atoms with Crippen molar-refractivity contribution in [2.75, 3.05) is 6.61 Å². The zero-order chi connectivity index (χ0) is 21.3. The predicted molar refractivity (Wildman–Crippen MR) is 114 cm³/mol. The van der Waals surface area contributed by atoms with Crippen LogP contribution in [-0.4, -0.2) is 24.6 Å². The Morgan fingerprint density at radius 1 is 1.07 bits per heavy atom. The van der Waals surface area contributed by atoms with Gasteiger partial charge in [0, 0.05) is 20.3 Å². The number of rotatable bonds is 7. The highest BCUT2D eigenvalue weighted by atomic mass is 16.5. The van der Waals surface area contributed by atoms with E-state index in [0.717, 1.165) is 24.0 Å². The van der Waals surface area contributed by atoms with Gasteiger partial charge in [0.1, 0.15) is 12.7 Å². The van der Waals surface area contributed by atoms with Crippen LogP contribution in [0.25, 0.3) is 0 Å². The van der Waals surface area contributed by atoms with Crippen LogP contribution >= 0.6 is 0 Å². The summed E-state index contributed by atoms with van der Waals surface area (Å²) in [7, 11) is 0. The van der Waals surface area contributed by atoms with Crippen LogP contribution < -0.4 is 0 Å². The second-order valence-electron chi connectivity index (χ2n) is 8.07. The first kappa shape index (κ1) is 23.7. The summed E-state index contributed by atoms with van der Waals surface area (Å²) >= 11 is 0. The number of esters is 2. The molecule has 0 aliphatic heterocycles. The molecule has 4 heteroatoms. The Morgan fingerprint density at radius 3 is 2.32 bits per heavy atom. The van der Waals surface area contributed by atoms with Gasteiger partial charge in [-0.15, -0.1) is 0 Å². The summed E-state index contributed by atoms with van der Waals surface area (Å²) in [5.41, 5.74) is 4.72. The van der Waals surface area contributed by atoms with Gasteiger partial charge in [-0.25, -0.2) is 0 Å². The molecule has 0 fully saturated rings. The minimum absolute atomic E-state index is 0.0361. The van der Waals surface area contributed by atoms with Gasteiger partial charge in [-0.3, -0.25) is 9.59 Å².